The number of hydrogen-bond acceptors (Lipinski definition) is 3. The summed E-state index contributed by atoms with van der Waals surface area (Å²) in [6.45, 7) is 4.29. The van der Waals surface area contributed by atoms with Crippen LogP contribution in [0.1, 0.15) is 41.4 Å². The van der Waals surface area contributed by atoms with E-state index in [0.29, 0.717) is 17.9 Å². The summed E-state index contributed by atoms with van der Waals surface area (Å²) in [7, 11) is 0. The van der Waals surface area contributed by atoms with Gasteiger partial charge >= 0.3 is 0 Å². The van der Waals surface area contributed by atoms with Crippen LogP contribution in [0.4, 0.5) is 0 Å². The number of fused-ring (bicyclic) bond motifs is 1. The molecular formula is C19H18N2O2. The minimum Gasteiger partial charge on any atom is -0.489 e. The third-order valence-electron chi connectivity index (χ3n) is 3.99. The molecule has 0 N–H and O–H groups in total. The molecule has 1 aliphatic rings. The number of hydrogen-bond donors (Lipinski definition) is 0. The van der Waals surface area contributed by atoms with Crippen LogP contribution in [-0.4, -0.2) is 16.8 Å². The van der Waals surface area contributed by atoms with E-state index >= 15 is 0 Å². The molecule has 0 saturated carbocycles. The third kappa shape index (κ3) is 2.78. The molecule has 4 heteroatoms. The average Bonchev–Trinajstić information content (AvgIpc) is 2.85. The molecule has 1 amide bonds. The van der Waals surface area contributed by atoms with Gasteiger partial charge in [-0.2, -0.15) is 5.26 Å². The molecule has 2 aromatic rings. The summed E-state index contributed by atoms with van der Waals surface area (Å²) < 4.78 is 5.80. The monoisotopic (exact) mass is 306 g/mol. The Morgan fingerprint density at radius 3 is 2.61 bits per heavy atom. The Morgan fingerprint density at radius 2 is 1.96 bits per heavy atom. The van der Waals surface area contributed by atoms with Crippen LogP contribution < -0.4 is 4.74 Å². The van der Waals surface area contributed by atoms with Crippen molar-refractivity contribution >= 4 is 5.91 Å². The van der Waals surface area contributed by atoms with Crippen molar-refractivity contribution in [3.05, 3.63) is 65.2 Å². The zero-order valence-electron chi connectivity index (χ0n) is 13.2. The van der Waals surface area contributed by atoms with Crippen LogP contribution in [-0.2, 0) is 6.61 Å². The molecule has 1 aliphatic heterocycles. The Kier molecular flexibility index (Phi) is 4.03. The highest BCUT2D eigenvalue weighted by Crippen LogP contribution is 2.36. The summed E-state index contributed by atoms with van der Waals surface area (Å²) in [5.74, 6) is 0.586. The van der Waals surface area contributed by atoms with Gasteiger partial charge in [-0.25, -0.2) is 0 Å². The van der Waals surface area contributed by atoms with E-state index in [9.17, 15) is 10.1 Å². The quantitative estimate of drug-likeness (QED) is 0.865. The van der Waals surface area contributed by atoms with Crippen molar-refractivity contribution in [2.75, 3.05) is 0 Å². The Hall–Kier alpha value is -2.80. The number of ether oxygens (including phenoxy) is 1. The summed E-state index contributed by atoms with van der Waals surface area (Å²) in [6, 6.07) is 16.9. The standard InChI is InChI=1S/C19H18N2O2/c1-13(2)21-18(11-20)17-10-15(8-9-16(17)19(21)22)23-12-14-6-4-3-5-7-14/h3-10,13,18H,12H2,1-2H3. The Bertz CT molecular complexity index is 763. The first-order valence-electron chi connectivity index (χ1n) is 7.64. The maximum atomic E-state index is 12.4. The van der Waals surface area contributed by atoms with E-state index in [1.54, 1.807) is 17.0 Å². The molecule has 116 valence electrons. The van der Waals surface area contributed by atoms with Crippen LogP contribution in [0.3, 0.4) is 0 Å². The molecule has 4 nitrogen and oxygen atoms in total. The van der Waals surface area contributed by atoms with Crippen LogP contribution >= 0.6 is 0 Å². The first-order chi connectivity index (χ1) is 11.1. The molecule has 1 atom stereocenters. The molecule has 0 spiro atoms. The molecule has 0 aromatic heterocycles. The first-order valence-corrected chi connectivity index (χ1v) is 7.64. The maximum Gasteiger partial charge on any atom is 0.255 e. The van der Waals surface area contributed by atoms with Gasteiger partial charge in [0.2, 0.25) is 0 Å². The summed E-state index contributed by atoms with van der Waals surface area (Å²) in [5.41, 5.74) is 2.40. The van der Waals surface area contributed by atoms with Crippen molar-refractivity contribution in [2.45, 2.75) is 32.5 Å². The predicted octanol–water partition coefficient (Wildman–Crippen LogP) is 3.69. The highest BCUT2D eigenvalue weighted by atomic mass is 16.5. The van der Waals surface area contributed by atoms with E-state index in [-0.39, 0.29) is 11.9 Å². The van der Waals surface area contributed by atoms with Crippen LogP contribution in [0.2, 0.25) is 0 Å². The van der Waals surface area contributed by atoms with Crippen molar-refractivity contribution in [1.82, 2.24) is 4.90 Å². The molecule has 0 radical (unpaired) electrons. The molecule has 0 saturated heterocycles. The van der Waals surface area contributed by atoms with Gasteiger partial charge in [0.05, 0.1) is 6.07 Å². The highest BCUT2D eigenvalue weighted by Gasteiger charge is 2.38. The van der Waals surface area contributed by atoms with Gasteiger partial charge in [-0.3, -0.25) is 4.79 Å². The Labute approximate surface area is 135 Å². The zero-order chi connectivity index (χ0) is 16.4. The van der Waals surface area contributed by atoms with Crippen LogP contribution in [0, 0.1) is 11.3 Å². The van der Waals surface area contributed by atoms with E-state index in [4.69, 9.17) is 4.74 Å². The third-order valence-corrected chi connectivity index (χ3v) is 3.99. The molecule has 0 bridgehead atoms. The number of rotatable bonds is 4. The van der Waals surface area contributed by atoms with Crippen LogP contribution in [0.15, 0.2) is 48.5 Å². The Morgan fingerprint density at radius 1 is 1.22 bits per heavy atom. The van der Waals surface area contributed by atoms with Crippen molar-refractivity contribution < 1.29 is 9.53 Å². The minimum atomic E-state index is -0.544. The fraction of sp³-hybridized carbons (Fsp3) is 0.263. The fourth-order valence-electron chi connectivity index (χ4n) is 2.86. The molecule has 0 fully saturated rings. The molecule has 1 unspecified atom stereocenters. The molecule has 3 rings (SSSR count). The second-order valence-electron chi connectivity index (χ2n) is 5.86. The molecular weight excluding hydrogens is 288 g/mol. The van der Waals surface area contributed by atoms with Crippen molar-refractivity contribution in [3.8, 4) is 11.8 Å². The lowest BCUT2D eigenvalue weighted by Gasteiger charge is -2.24. The van der Waals surface area contributed by atoms with Crippen LogP contribution in [0.25, 0.3) is 0 Å². The normalized spacial score (nSPS) is 16.3. The second-order valence-corrected chi connectivity index (χ2v) is 5.86. The number of nitriles is 1. The van der Waals surface area contributed by atoms with E-state index < -0.39 is 6.04 Å². The van der Waals surface area contributed by atoms with Crippen molar-refractivity contribution in [3.63, 3.8) is 0 Å². The maximum absolute atomic E-state index is 12.4. The summed E-state index contributed by atoms with van der Waals surface area (Å²) in [5, 5.41) is 9.46. The minimum absolute atomic E-state index is 0.0202. The van der Waals surface area contributed by atoms with E-state index in [0.717, 1.165) is 11.1 Å². The van der Waals surface area contributed by atoms with Crippen LogP contribution in [0.5, 0.6) is 5.75 Å². The average molecular weight is 306 g/mol. The smallest absolute Gasteiger partial charge is 0.255 e. The summed E-state index contributed by atoms with van der Waals surface area (Å²) in [4.78, 5) is 14.0. The van der Waals surface area contributed by atoms with Gasteiger partial charge in [-0.15, -0.1) is 0 Å². The van der Waals surface area contributed by atoms with Gasteiger partial charge in [0.15, 0.2) is 0 Å². The first kappa shape index (κ1) is 15.1. The Balaban J connectivity index is 1.84. The lowest BCUT2D eigenvalue weighted by atomic mass is 10.0. The number of nitrogens with zero attached hydrogens (tertiary/aromatic N) is 2. The van der Waals surface area contributed by atoms with Gasteiger partial charge in [0.25, 0.3) is 5.91 Å². The largest absolute Gasteiger partial charge is 0.489 e. The fourth-order valence-corrected chi connectivity index (χ4v) is 2.86. The zero-order valence-corrected chi connectivity index (χ0v) is 13.2. The van der Waals surface area contributed by atoms with E-state index in [2.05, 4.69) is 6.07 Å². The number of benzene rings is 2. The van der Waals surface area contributed by atoms with Crippen molar-refractivity contribution in [2.24, 2.45) is 0 Å². The summed E-state index contributed by atoms with van der Waals surface area (Å²) >= 11 is 0. The second kappa shape index (κ2) is 6.13. The molecule has 23 heavy (non-hydrogen) atoms. The topological polar surface area (TPSA) is 53.3 Å². The lowest BCUT2D eigenvalue weighted by Crippen LogP contribution is -2.33. The van der Waals surface area contributed by atoms with Gasteiger partial charge in [0, 0.05) is 17.2 Å². The lowest BCUT2D eigenvalue weighted by molar-refractivity contribution is 0.0704. The van der Waals surface area contributed by atoms with Gasteiger partial charge < -0.3 is 9.64 Å². The number of amides is 1. The molecule has 1 heterocycles. The van der Waals surface area contributed by atoms with Gasteiger partial charge in [-0.1, -0.05) is 30.3 Å². The van der Waals surface area contributed by atoms with E-state index in [1.165, 1.54) is 0 Å². The van der Waals surface area contributed by atoms with Crippen molar-refractivity contribution in [1.29, 1.82) is 5.26 Å². The molecule has 0 aliphatic carbocycles. The molecule has 2 aromatic carbocycles. The highest BCUT2D eigenvalue weighted by molar-refractivity contribution is 6.00. The number of carbonyl (C=O) groups excluding carboxylic acids is 1. The predicted molar refractivity (Wildman–Crippen MR) is 86.9 cm³/mol. The van der Waals surface area contributed by atoms with Gasteiger partial charge in [-0.05, 0) is 37.6 Å². The van der Waals surface area contributed by atoms with Gasteiger partial charge in [0.1, 0.15) is 18.4 Å². The SMILES string of the molecule is CC(C)N1C(=O)c2ccc(OCc3ccccc3)cc2C1C#N. The van der Waals surface area contributed by atoms with E-state index in [1.807, 2.05) is 50.2 Å². The summed E-state index contributed by atoms with van der Waals surface area (Å²) in [6.07, 6.45) is 0. The number of carbonyl (C=O) groups is 1.